The Labute approximate surface area is 48.4 Å². The van der Waals surface area contributed by atoms with E-state index in [1.807, 2.05) is 12.4 Å². The molecular weight excluding hydrogens is 108 g/mol. The lowest BCUT2D eigenvalue weighted by atomic mass is 10.5. The lowest BCUT2D eigenvalue weighted by Gasteiger charge is -2.14. The van der Waals surface area contributed by atoms with Gasteiger partial charge in [0.2, 0.25) is 0 Å². The van der Waals surface area contributed by atoms with Crippen LogP contribution in [0.15, 0.2) is 12.4 Å². The first-order valence-electron chi connectivity index (χ1n) is 2.22. The number of hydrogen-bond donors (Lipinski definition) is 3. The van der Waals surface area contributed by atoms with Crippen LogP contribution in [0, 0.1) is 0 Å². The number of rotatable bonds is 0. The van der Waals surface area contributed by atoms with Gasteiger partial charge < -0.3 is 10.6 Å². The minimum Gasteiger partial charge on any atom is -0.387 e. The van der Waals surface area contributed by atoms with E-state index in [1.165, 1.54) is 0 Å². The molecule has 1 aliphatic heterocycles. The minimum atomic E-state index is 0.282. The maximum Gasteiger partial charge on any atom is 0.0863 e. The zero-order valence-electron chi connectivity index (χ0n) is 3.89. The molecule has 0 radical (unpaired) electrons. The van der Waals surface area contributed by atoms with Gasteiger partial charge in [-0.15, -0.1) is 0 Å². The molecule has 1 atom stereocenters. The smallest absolute Gasteiger partial charge is 0.0863 e. The predicted molar refractivity (Wildman–Crippen MR) is 33.1 cm³/mol. The van der Waals surface area contributed by atoms with Crippen LogP contribution in [0.2, 0.25) is 0 Å². The molecule has 0 aromatic carbocycles. The van der Waals surface area contributed by atoms with E-state index in [-0.39, 0.29) is 5.37 Å². The zero-order chi connectivity index (χ0) is 5.11. The van der Waals surface area contributed by atoms with Gasteiger partial charge in [0, 0.05) is 18.9 Å². The molecule has 2 N–H and O–H groups in total. The van der Waals surface area contributed by atoms with E-state index in [0.29, 0.717) is 0 Å². The van der Waals surface area contributed by atoms with Crippen LogP contribution >= 0.6 is 12.6 Å². The van der Waals surface area contributed by atoms with E-state index in [1.54, 1.807) is 0 Å². The second-order valence-electron chi connectivity index (χ2n) is 1.42. The second-order valence-corrected chi connectivity index (χ2v) is 2.05. The van der Waals surface area contributed by atoms with E-state index in [0.717, 1.165) is 6.54 Å². The van der Waals surface area contributed by atoms with Crippen LogP contribution in [0.5, 0.6) is 0 Å². The van der Waals surface area contributed by atoms with Gasteiger partial charge >= 0.3 is 0 Å². The summed E-state index contributed by atoms with van der Waals surface area (Å²) >= 11 is 4.14. The fourth-order valence-electron chi connectivity index (χ4n) is 0.457. The molecule has 0 saturated heterocycles. The quantitative estimate of drug-likeness (QED) is 0.385. The van der Waals surface area contributed by atoms with Crippen LogP contribution in [-0.2, 0) is 0 Å². The first kappa shape index (κ1) is 4.84. The molecule has 0 fully saturated rings. The summed E-state index contributed by atoms with van der Waals surface area (Å²) in [5.41, 5.74) is 0. The molecule has 0 aromatic heterocycles. The third kappa shape index (κ3) is 1.31. The van der Waals surface area contributed by atoms with Gasteiger partial charge in [-0.05, 0) is 0 Å². The molecule has 0 aromatic rings. The van der Waals surface area contributed by atoms with Gasteiger partial charge in [0.05, 0.1) is 5.37 Å². The highest BCUT2D eigenvalue weighted by atomic mass is 32.1. The molecule has 0 bridgehead atoms. The highest BCUT2D eigenvalue weighted by molar-refractivity contribution is 7.80. The summed E-state index contributed by atoms with van der Waals surface area (Å²) in [5, 5.41) is 6.30. The van der Waals surface area contributed by atoms with Gasteiger partial charge in [0.25, 0.3) is 0 Å². The van der Waals surface area contributed by atoms with Crippen molar-refractivity contribution in [2.75, 3.05) is 6.54 Å². The highest BCUT2D eigenvalue weighted by Crippen LogP contribution is 1.89. The van der Waals surface area contributed by atoms with Crippen molar-refractivity contribution in [2.24, 2.45) is 0 Å². The summed E-state index contributed by atoms with van der Waals surface area (Å²) in [7, 11) is 0. The van der Waals surface area contributed by atoms with Crippen molar-refractivity contribution in [2.45, 2.75) is 5.37 Å². The van der Waals surface area contributed by atoms with Crippen LogP contribution in [0.1, 0.15) is 0 Å². The standard InChI is InChI=1S/C4H8N2S/c7-4-3-5-1-2-6-4/h1-2,4-7H,3H2. The lowest BCUT2D eigenvalue weighted by Crippen LogP contribution is -2.33. The molecule has 40 valence electrons. The van der Waals surface area contributed by atoms with Crippen molar-refractivity contribution in [1.82, 2.24) is 10.6 Å². The Kier molecular flexibility index (Phi) is 1.46. The Bertz CT molecular complexity index is 81.8. The van der Waals surface area contributed by atoms with Crippen LogP contribution in [-0.4, -0.2) is 11.9 Å². The van der Waals surface area contributed by atoms with Crippen molar-refractivity contribution in [3.05, 3.63) is 12.4 Å². The van der Waals surface area contributed by atoms with Gasteiger partial charge in [-0.2, -0.15) is 12.6 Å². The second kappa shape index (κ2) is 2.12. The molecule has 1 unspecified atom stereocenters. The molecule has 0 saturated carbocycles. The van der Waals surface area contributed by atoms with E-state index in [2.05, 4.69) is 23.3 Å². The fraction of sp³-hybridized carbons (Fsp3) is 0.500. The summed E-state index contributed by atoms with van der Waals surface area (Å²) in [5.74, 6) is 0. The third-order valence-corrected chi connectivity index (χ3v) is 1.13. The summed E-state index contributed by atoms with van der Waals surface area (Å²) in [6.07, 6.45) is 3.72. The molecule has 2 nitrogen and oxygen atoms in total. The lowest BCUT2D eigenvalue weighted by molar-refractivity contribution is 0.685. The van der Waals surface area contributed by atoms with Crippen molar-refractivity contribution in [3.8, 4) is 0 Å². The number of hydrogen-bond acceptors (Lipinski definition) is 3. The Morgan fingerprint density at radius 1 is 1.57 bits per heavy atom. The maximum absolute atomic E-state index is 4.14. The molecule has 7 heavy (non-hydrogen) atoms. The molecule has 0 spiro atoms. The normalized spacial score (nSPS) is 28.4. The molecule has 0 amide bonds. The van der Waals surface area contributed by atoms with Gasteiger partial charge in [0.1, 0.15) is 0 Å². The fourth-order valence-corrected chi connectivity index (χ4v) is 0.648. The Hall–Kier alpha value is -0.310. The van der Waals surface area contributed by atoms with Crippen LogP contribution in [0.4, 0.5) is 0 Å². The van der Waals surface area contributed by atoms with Crippen molar-refractivity contribution in [1.29, 1.82) is 0 Å². The molecule has 1 aliphatic rings. The monoisotopic (exact) mass is 116 g/mol. The van der Waals surface area contributed by atoms with E-state index in [4.69, 9.17) is 0 Å². The first-order chi connectivity index (χ1) is 3.39. The van der Waals surface area contributed by atoms with Crippen LogP contribution in [0.25, 0.3) is 0 Å². The van der Waals surface area contributed by atoms with E-state index < -0.39 is 0 Å². The molecule has 3 heteroatoms. The molecule has 1 rings (SSSR count). The van der Waals surface area contributed by atoms with Crippen molar-refractivity contribution >= 4 is 12.6 Å². The average Bonchev–Trinajstić information content (AvgIpc) is 1.69. The summed E-state index contributed by atoms with van der Waals surface area (Å²) < 4.78 is 0. The topological polar surface area (TPSA) is 24.1 Å². The average molecular weight is 116 g/mol. The largest absolute Gasteiger partial charge is 0.387 e. The van der Waals surface area contributed by atoms with E-state index in [9.17, 15) is 0 Å². The van der Waals surface area contributed by atoms with Crippen molar-refractivity contribution < 1.29 is 0 Å². The molecular formula is C4H8N2S. The molecule has 1 heterocycles. The summed E-state index contributed by atoms with van der Waals surface area (Å²) in [6, 6.07) is 0. The van der Waals surface area contributed by atoms with E-state index >= 15 is 0 Å². The Morgan fingerprint density at radius 2 is 2.43 bits per heavy atom. The third-order valence-electron chi connectivity index (χ3n) is 0.801. The van der Waals surface area contributed by atoms with Gasteiger partial charge in [-0.1, -0.05) is 0 Å². The number of thiol groups is 1. The molecule has 0 aliphatic carbocycles. The Morgan fingerprint density at radius 3 is 2.71 bits per heavy atom. The highest BCUT2D eigenvalue weighted by Gasteiger charge is 1.98. The Balaban J connectivity index is 2.32. The summed E-state index contributed by atoms with van der Waals surface area (Å²) in [4.78, 5) is 0. The van der Waals surface area contributed by atoms with Crippen LogP contribution in [0.3, 0.4) is 0 Å². The zero-order valence-corrected chi connectivity index (χ0v) is 4.78. The predicted octanol–water partition coefficient (Wildman–Crippen LogP) is -0.0937. The first-order valence-corrected chi connectivity index (χ1v) is 2.74. The SMILES string of the molecule is SC1CNC=CN1. The van der Waals surface area contributed by atoms with Gasteiger partial charge in [0.15, 0.2) is 0 Å². The van der Waals surface area contributed by atoms with Gasteiger partial charge in [-0.25, -0.2) is 0 Å². The minimum absolute atomic E-state index is 0.282. The van der Waals surface area contributed by atoms with Crippen LogP contribution < -0.4 is 10.6 Å². The number of nitrogens with one attached hydrogen (secondary N) is 2. The van der Waals surface area contributed by atoms with Gasteiger partial charge in [-0.3, -0.25) is 0 Å². The maximum atomic E-state index is 4.14. The van der Waals surface area contributed by atoms with Crippen molar-refractivity contribution in [3.63, 3.8) is 0 Å². The summed E-state index contributed by atoms with van der Waals surface area (Å²) in [6.45, 7) is 0.902.